The molecule has 18 heavy (non-hydrogen) atoms. The molecule has 0 aliphatic carbocycles. The van der Waals surface area contributed by atoms with Gasteiger partial charge in [0.25, 0.3) is 0 Å². The molecule has 1 rings (SSSR count). The third kappa shape index (κ3) is 2.91. The van der Waals surface area contributed by atoms with Crippen molar-refractivity contribution in [3.8, 4) is 6.07 Å². The van der Waals surface area contributed by atoms with Crippen molar-refractivity contribution in [2.24, 2.45) is 0 Å². The summed E-state index contributed by atoms with van der Waals surface area (Å²) in [7, 11) is -3.52. The average Bonchev–Trinajstić information content (AvgIpc) is 2.29. The molecule has 0 radical (unpaired) electrons. The van der Waals surface area contributed by atoms with Crippen LogP contribution in [-0.4, -0.2) is 13.7 Å². The highest BCUT2D eigenvalue weighted by Crippen LogP contribution is 2.25. The standard InChI is InChI=1S/C14H19NO2S/c1-5-12(10-15)18(16,17)13-8-6-11(7-9-13)14(2,3)4/h6-9,12H,5H2,1-4H3. The van der Waals surface area contributed by atoms with E-state index in [0.29, 0.717) is 6.42 Å². The van der Waals surface area contributed by atoms with Crippen molar-refractivity contribution < 1.29 is 8.42 Å². The summed E-state index contributed by atoms with van der Waals surface area (Å²) in [6, 6.07) is 8.67. The summed E-state index contributed by atoms with van der Waals surface area (Å²) in [6.45, 7) is 7.91. The van der Waals surface area contributed by atoms with Gasteiger partial charge in [0.1, 0.15) is 0 Å². The first-order valence-electron chi connectivity index (χ1n) is 5.97. The molecule has 1 unspecified atom stereocenters. The third-order valence-electron chi connectivity index (χ3n) is 2.94. The fourth-order valence-corrected chi connectivity index (χ4v) is 3.11. The highest BCUT2D eigenvalue weighted by molar-refractivity contribution is 7.92. The van der Waals surface area contributed by atoms with Crippen LogP contribution in [0.4, 0.5) is 0 Å². The highest BCUT2D eigenvalue weighted by atomic mass is 32.2. The summed E-state index contributed by atoms with van der Waals surface area (Å²) >= 11 is 0. The summed E-state index contributed by atoms with van der Waals surface area (Å²) in [4.78, 5) is 0.226. The normalized spacial score (nSPS) is 13.9. The van der Waals surface area contributed by atoms with Gasteiger partial charge in [0.15, 0.2) is 15.1 Å². The average molecular weight is 265 g/mol. The van der Waals surface area contributed by atoms with Gasteiger partial charge in [-0.25, -0.2) is 8.42 Å². The second-order valence-electron chi connectivity index (χ2n) is 5.35. The SMILES string of the molecule is CCC(C#N)S(=O)(=O)c1ccc(C(C)(C)C)cc1. The molecule has 0 bridgehead atoms. The maximum atomic E-state index is 12.1. The van der Waals surface area contributed by atoms with Crippen LogP contribution >= 0.6 is 0 Å². The van der Waals surface area contributed by atoms with Crippen molar-refractivity contribution in [1.29, 1.82) is 5.26 Å². The summed E-state index contributed by atoms with van der Waals surface area (Å²) < 4.78 is 24.3. The predicted octanol–water partition coefficient (Wildman–Crippen LogP) is 3.06. The van der Waals surface area contributed by atoms with E-state index in [0.717, 1.165) is 5.56 Å². The van der Waals surface area contributed by atoms with E-state index >= 15 is 0 Å². The molecule has 1 aromatic carbocycles. The van der Waals surface area contributed by atoms with Crippen LogP contribution in [0.1, 0.15) is 39.7 Å². The van der Waals surface area contributed by atoms with Crippen molar-refractivity contribution in [2.45, 2.75) is 49.7 Å². The molecule has 0 heterocycles. The van der Waals surface area contributed by atoms with Crippen LogP contribution in [0.15, 0.2) is 29.2 Å². The van der Waals surface area contributed by atoms with Crippen LogP contribution in [0.25, 0.3) is 0 Å². The minimum absolute atomic E-state index is 0.0122. The fourth-order valence-electron chi connectivity index (χ4n) is 1.69. The quantitative estimate of drug-likeness (QED) is 0.844. The van der Waals surface area contributed by atoms with Crippen LogP contribution in [-0.2, 0) is 15.3 Å². The number of hydrogen-bond donors (Lipinski definition) is 0. The minimum atomic E-state index is -3.52. The molecule has 4 heteroatoms. The van der Waals surface area contributed by atoms with Gasteiger partial charge in [0, 0.05) is 0 Å². The first-order valence-corrected chi connectivity index (χ1v) is 7.52. The first kappa shape index (κ1) is 14.7. The molecule has 0 saturated carbocycles. The summed E-state index contributed by atoms with van der Waals surface area (Å²) in [5.41, 5.74) is 1.06. The van der Waals surface area contributed by atoms with Crippen molar-refractivity contribution in [3.63, 3.8) is 0 Å². The topological polar surface area (TPSA) is 57.9 Å². The molecule has 0 aromatic heterocycles. The minimum Gasteiger partial charge on any atom is -0.222 e. The van der Waals surface area contributed by atoms with Gasteiger partial charge in [-0.15, -0.1) is 0 Å². The van der Waals surface area contributed by atoms with E-state index in [1.165, 1.54) is 0 Å². The lowest BCUT2D eigenvalue weighted by Gasteiger charge is -2.19. The van der Waals surface area contributed by atoms with Gasteiger partial charge in [0.05, 0.1) is 11.0 Å². The van der Waals surface area contributed by atoms with Gasteiger partial charge in [0.2, 0.25) is 0 Å². The molecule has 0 aliphatic rings. The van der Waals surface area contributed by atoms with E-state index in [9.17, 15) is 8.42 Å². The first-order chi connectivity index (χ1) is 8.23. The van der Waals surface area contributed by atoms with E-state index in [-0.39, 0.29) is 10.3 Å². The molecule has 1 aromatic rings. The molecule has 0 fully saturated rings. The lowest BCUT2D eigenvalue weighted by atomic mass is 9.87. The van der Waals surface area contributed by atoms with E-state index in [1.807, 2.05) is 18.2 Å². The van der Waals surface area contributed by atoms with Crippen molar-refractivity contribution in [1.82, 2.24) is 0 Å². The Morgan fingerprint density at radius 1 is 1.22 bits per heavy atom. The Kier molecular flexibility index (Phi) is 4.18. The Hall–Kier alpha value is -1.34. The molecule has 0 spiro atoms. The smallest absolute Gasteiger partial charge is 0.194 e. The Bertz CT molecular complexity index is 545. The number of hydrogen-bond acceptors (Lipinski definition) is 3. The summed E-state index contributed by atoms with van der Waals surface area (Å²) in [6.07, 6.45) is 0.305. The second kappa shape index (κ2) is 5.11. The van der Waals surface area contributed by atoms with Crippen LogP contribution < -0.4 is 0 Å². The number of benzene rings is 1. The van der Waals surface area contributed by atoms with Crippen molar-refractivity contribution in [3.05, 3.63) is 29.8 Å². The zero-order chi connectivity index (χ0) is 14.0. The van der Waals surface area contributed by atoms with Gasteiger partial charge in [-0.3, -0.25) is 0 Å². The number of rotatable bonds is 3. The molecular weight excluding hydrogens is 246 g/mol. The van der Waals surface area contributed by atoms with Crippen molar-refractivity contribution >= 4 is 9.84 Å². The Labute approximate surface area is 109 Å². The zero-order valence-electron chi connectivity index (χ0n) is 11.3. The molecule has 0 aliphatic heterocycles. The number of nitrogens with zero attached hydrogens (tertiary/aromatic N) is 1. The maximum Gasteiger partial charge on any atom is 0.194 e. The largest absolute Gasteiger partial charge is 0.222 e. The van der Waals surface area contributed by atoms with E-state index in [1.54, 1.807) is 19.1 Å². The predicted molar refractivity (Wildman–Crippen MR) is 72.0 cm³/mol. The van der Waals surface area contributed by atoms with Gasteiger partial charge in [-0.05, 0) is 29.5 Å². The van der Waals surface area contributed by atoms with Crippen molar-refractivity contribution in [2.75, 3.05) is 0 Å². The molecule has 1 atom stereocenters. The van der Waals surface area contributed by atoms with E-state index < -0.39 is 15.1 Å². The second-order valence-corrected chi connectivity index (χ2v) is 7.48. The van der Waals surface area contributed by atoms with E-state index in [4.69, 9.17) is 5.26 Å². The highest BCUT2D eigenvalue weighted by Gasteiger charge is 2.26. The Morgan fingerprint density at radius 3 is 2.06 bits per heavy atom. The van der Waals surface area contributed by atoms with Gasteiger partial charge in [-0.2, -0.15) is 5.26 Å². The lowest BCUT2D eigenvalue weighted by Crippen LogP contribution is -2.19. The van der Waals surface area contributed by atoms with Gasteiger partial charge in [-0.1, -0.05) is 39.8 Å². The monoisotopic (exact) mass is 265 g/mol. The zero-order valence-corrected chi connectivity index (χ0v) is 12.1. The lowest BCUT2D eigenvalue weighted by molar-refractivity contribution is 0.582. The Balaban J connectivity index is 3.18. The van der Waals surface area contributed by atoms with Crippen LogP contribution in [0.2, 0.25) is 0 Å². The summed E-state index contributed by atoms with van der Waals surface area (Å²) in [5.74, 6) is 0. The number of nitriles is 1. The maximum absolute atomic E-state index is 12.1. The summed E-state index contributed by atoms with van der Waals surface area (Å²) in [5, 5.41) is 7.92. The third-order valence-corrected chi connectivity index (χ3v) is 5.06. The van der Waals surface area contributed by atoms with Crippen LogP contribution in [0.5, 0.6) is 0 Å². The van der Waals surface area contributed by atoms with Gasteiger partial charge >= 0.3 is 0 Å². The molecule has 0 saturated heterocycles. The van der Waals surface area contributed by atoms with E-state index in [2.05, 4.69) is 20.8 Å². The molecule has 0 N–H and O–H groups in total. The Morgan fingerprint density at radius 2 is 1.72 bits per heavy atom. The molecule has 3 nitrogen and oxygen atoms in total. The molecular formula is C14H19NO2S. The van der Waals surface area contributed by atoms with Gasteiger partial charge < -0.3 is 0 Å². The number of sulfone groups is 1. The fraction of sp³-hybridized carbons (Fsp3) is 0.500. The molecule has 0 amide bonds. The molecule has 98 valence electrons. The van der Waals surface area contributed by atoms with Crippen LogP contribution in [0.3, 0.4) is 0 Å². The van der Waals surface area contributed by atoms with Crippen LogP contribution in [0, 0.1) is 11.3 Å².